The summed E-state index contributed by atoms with van der Waals surface area (Å²) in [7, 11) is -4.39. The van der Waals surface area contributed by atoms with Crippen LogP contribution < -0.4 is 99.2 Å². The van der Waals surface area contributed by atoms with Crippen LogP contribution in [0, 0.1) is 6.92 Å². The van der Waals surface area contributed by atoms with E-state index in [1.165, 1.54) is 38.1 Å². The molecule has 1 aromatic carbocycles. The Bertz CT molecular complexity index is 2590. The quantitative estimate of drug-likeness (QED) is 0.0132. The number of unbranched alkanes of at least 4 members (excludes halogenated alkanes) is 4. The Labute approximate surface area is 431 Å². The van der Waals surface area contributed by atoms with E-state index in [0.29, 0.717) is 36.7 Å². The van der Waals surface area contributed by atoms with Crippen molar-refractivity contribution in [3.05, 3.63) is 67.5 Å². The summed E-state index contributed by atoms with van der Waals surface area (Å²) in [5.41, 5.74) is 20.3. The third-order valence-corrected chi connectivity index (χ3v) is 12.8. The fourth-order valence-corrected chi connectivity index (χ4v) is 8.75. The Kier molecular flexibility index (Phi) is 25.2. The zero-order chi connectivity index (χ0) is 51.9. The molecule has 0 spiro atoms. The van der Waals surface area contributed by atoms with Gasteiger partial charge in [-0.1, -0.05) is 25.3 Å². The minimum absolute atomic E-state index is 0. The zero-order valence-corrected chi connectivity index (χ0v) is 43.9. The Morgan fingerprint density at radius 3 is 2.12 bits per heavy atom. The van der Waals surface area contributed by atoms with Gasteiger partial charge in [-0.05, 0) is 31.9 Å². The molecule has 412 valence electrons. The van der Waals surface area contributed by atoms with Gasteiger partial charge in [0.15, 0.2) is 23.5 Å². The second-order valence-electron chi connectivity index (χ2n) is 16.0. The molecule has 3 aliphatic rings. The maximum Gasteiger partial charge on any atom is 0.351 e. The summed E-state index contributed by atoms with van der Waals surface area (Å²) < 4.78 is 85.3. The Balaban J connectivity index is 0.000000375. The molecule has 0 bridgehead atoms. The molecule has 29 nitrogen and oxygen atoms in total. The molecule has 2 saturated heterocycles. The van der Waals surface area contributed by atoms with Gasteiger partial charge in [-0.2, -0.15) is 4.98 Å². The number of para-hydroxylation sites is 1. The summed E-state index contributed by atoms with van der Waals surface area (Å²) in [4.78, 5) is 73.0. The van der Waals surface area contributed by atoms with Crippen molar-refractivity contribution in [2.75, 3.05) is 73.3 Å². The van der Waals surface area contributed by atoms with Crippen LogP contribution in [-0.4, -0.2) is 129 Å². The maximum atomic E-state index is 12.9. The number of ether oxygens (including phenoxy) is 7. The first-order valence-corrected chi connectivity index (χ1v) is 25.1. The number of guanidine groups is 2. The molecule has 73 heavy (non-hydrogen) atoms. The number of methoxy groups -OCH3 is 2. The number of phosphoric ester groups is 2. The van der Waals surface area contributed by atoms with Crippen molar-refractivity contribution in [2.24, 2.45) is 22.9 Å². The number of nitrogens with one attached hydrogen (secondary N) is 4. The number of fused-ring (bicyclic) bond motifs is 2. The topological polar surface area (TPSA) is 416 Å². The first kappa shape index (κ1) is 62.6. The van der Waals surface area contributed by atoms with Gasteiger partial charge in [-0.25, -0.2) is 9.59 Å². The van der Waals surface area contributed by atoms with Gasteiger partial charge in [0, 0.05) is 53.2 Å². The van der Waals surface area contributed by atoms with E-state index in [1.54, 1.807) is 18.2 Å². The van der Waals surface area contributed by atoms with E-state index < -0.39 is 75.6 Å². The van der Waals surface area contributed by atoms with E-state index >= 15 is 0 Å². The Morgan fingerprint density at radius 2 is 1.45 bits per heavy atom. The number of H-pyrrole nitrogens is 1. The SMILES string of the molecule is COC[C@H]1O[C@@H](n2cc(C)c(=O)[nH]c2=O)C(OCCCCCCC[NH+]=C(N)N)[C@H]1OP(=O)([O-])OC.COC[C@H]1O[C@@H](n2cc3c(nc2=O)Nc2c(OCC[NH+]=C(N)N)cccc2O3)C[C@H]1OP(=O)([O-])OC.[Cl-].[Cl-]. The highest BCUT2D eigenvalue weighted by Crippen LogP contribution is 2.48. The van der Waals surface area contributed by atoms with Crippen LogP contribution in [0.2, 0.25) is 0 Å². The van der Waals surface area contributed by atoms with Gasteiger partial charge in [-0.15, -0.1) is 0 Å². The Hall–Kier alpha value is -4.68. The average Bonchev–Trinajstić information content (AvgIpc) is 3.86. The number of rotatable bonds is 25. The number of nitrogens with two attached hydrogens (primary N) is 4. The standard InChI is InChI=1S/C20H27N6O9P.C20H36N5O9P.2ClH/c1-30-10-15-13(35-36(28,29)31-2)8-16(34-15)26-9-14-18(25-20(26)27)24-17-11(4-3-5-12(17)33-14)32-7-6-23-19(21)22;1-13-11-25(20(27)24-17(13)26)18-16(32-10-8-6-4-5-7-9-23-19(21)22)15(14(33-18)12-30-2)34-35(28,29)31-3;;/h3-5,9,13,15-16H,6-8,10H2,1-2H3,(H,28,29)(H4,21,22,23)(H,24,25,27);11,14-16,18H,4-10,12H2,1-3H3,(H,28,29)(H4,21,22,23)(H,24,26,27);2*1H/p-2/t13-,15-,16-;14-,15+,16?,18-;;/m11../s1. The van der Waals surface area contributed by atoms with Crippen LogP contribution in [-0.2, 0) is 50.9 Å². The van der Waals surface area contributed by atoms with Crippen LogP contribution in [0.4, 0.5) is 11.5 Å². The van der Waals surface area contributed by atoms with Crippen LogP contribution in [0.5, 0.6) is 17.2 Å². The fourth-order valence-electron chi connectivity index (χ4n) is 7.47. The van der Waals surface area contributed by atoms with Gasteiger partial charge >= 0.3 is 23.3 Å². The normalized spacial score (nSPS) is 22.2. The molecule has 9 atom stereocenters. The number of hydrogen-bond acceptors (Lipinski definition) is 20. The van der Waals surface area contributed by atoms with Crippen LogP contribution in [0.3, 0.4) is 0 Å². The van der Waals surface area contributed by atoms with E-state index in [1.807, 2.05) is 0 Å². The molecule has 2 aromatic heterocycles. The highest BCUT2D eigenvalue weighted by atomic mass is 35.5. The first-order valence-electron chi connectivity index (χ1n) is 22.2. The average molecular weight is 1120 g/mol. The molecule has 3 aliphatic heterocycles. The fraction of sp³-hybridized carbons (Fsp3) is 0.600. The second kappa shape index (κ2) is 29.4. The minimum Gasteiger partial charge on any atom is -1.00 e. The highest BCUT2D eigenvalue weighted by Gasteiger charge is 2.49. The summed E-state index contributed by atoms with van der Waals surface area (Å²) >= 11 is 0. The molecule has 5 heterocycles. The first-order chi connectivity index (χ1) is 33.8. The number of anilines is 2. The van der Waals surface area contributed by atoms with Crippen molar-refractivity contribution in [1.82, 2.24) is 19.1 Å². The van der Waals surface area contributed by atoms with Gasteiger partial charge in [0.25, 0.3) is 21.2 Å². The van der Waals surface area contributed by atoms with Crippen molar-refractivity contribution < 1.29 is 105 Å². The van der Waals surface area contributed by atoms with Crippen molar-refractivity contribution in [3.63, 3.8) is 0 Å². The van der Waals surface area contributed by atoms with Gasteiger partial charge < -0.3 is 91.2 Å². The lowest BCUT2D eigenvalue weighted by Crippen LogP contribution is -3.00. The molecular weight excluding hydrogens is 1060 g/mol. The predicted molar refractivity (Wildman–Crippen MR) is 246 cm³/mol. The number of nitrogens with zero attached hydrogens (tertiary/aromatic N) is 3. The lowest BCUT2D eigenvalue weighted by Gasteiger charge is -2.30. The summed E-state index contributed by atoms with van der Waals surface area (Å²) in [6, 6.07) is 5.20. The molecule has 33 heteroatoms. The number of aromatic nitrogens is 4. The molecule has 0 amide bonds. The van der Waals surface area contributed by atoms with Crippen molar-refractivity contribution in [1.29, 1.82) is 0 Å². The number of hydrogen-bond donors (Lipinski definition) is 8. The second-order valence-corrected chi connectivity index (χ2v) is 18.9. The summed E-state index contributed by atoms with van der Waals surface area (Å²) in [6.45, 7) is 3.16. The van der Waals surface area contributed by atoms with Crippen LogP contribution in [0.15, 0.2) is 45.0 Å². The molecule has 6 rings (SSSR count). The van der Waals surface area contributed by atoms with E-state index in [4.69, 9.17) is 65.1 Å². The number of aryl methyl sites for hydroxylation is 1. The van der Waals surface area contributed by atoms with Crippen LogP contribution in [0.25, 0.3) is 0 Å². The van der Waals surface area contributed by atoms with Gasteiger partial charge in [0.1, 0.15) is 48.7 Å². The highest BCUT2D eigenvalue weighted by molar-refractivity contribution is 7.46. The summed E-state index contributed by atoms with van der Waals surface area (Å²) in [6.07, 6.45) is 0.514. The van der Waals surface area contributed by atoms with E-state index in [0.717, 1.165) is 44.5 Å². The van der Waals surface area contributed by atoms with Crippen LogP contribution in [0.1, 0.15) is 56.5 Å². The molecule has 0 radical (unpaired) electrons. The zero-order valence-electron chi connectivity index (χ0n) is 40.6. The molecule has 3 unspecified atom stereocenters. The number of halogens is 2. The molecule has 3 aromatic rings. The van der Waals surface area contributed by atoms with E-state index in [2.05, 4.69) is 34.3 Å². The lowest BCUT2D eigenvalue weighted by molar-refractivity contribution is -0.461. The Morgan fingerprint density at radius 1 is 0.808 bits per heavy atom. The minimum atomic E-state index is -4.67. The number of aromatic amines is 1. The van der Waals surface area contributed by atoms with Gasteiger partial charge in [0.2, 0.25) is 0 Å². The third kappa shape index (κ3) is 18.0. The van der Waals surface area contributed by atoms with Gasteiger partial charge in [0.05, 0.1) is 38.6 Å². The van der Waals surface area contributed by atoms with Crippen molar-refractivity contribution >= 4 is 39.1 Å². The maximum absolute atomic E-state index is 12.9. The third-order valence-electron chi connectivity index (χ3n) is 10.8. The van der Waals surface area contributed by atoms with E-state index in [9.17, 15) is 33.3 Å². The molecule has 12 N–H and O–H groups in total. The smallest absolute Gasteiger partial charge is 0.351 e. The van der Waals surface area contributed by atoms with Crippen molar-refractivity contribution in [2.45, 2.75) is 88.4 Å². The number of benzene rings is 1. The number of phosphoric acid groups is 2. The van der Waals surface area contributed by atoms with Gasteiger partial charge in [-0.3, -0.25) is 61.0 Å². The molecule has 2 fully saturated rings. The molecular formula is C40H63Cl2N11O18P2-2. The van der Waals surface area contributed by atoms with Crippen molar-refractivity contribution in [3.8, 4) is 17.2 Å². The van der Waals surface area contributed by atoms with E-state index in [-0.39, 0.29) is 86.7 Å². The predicted octanol–water partition coefficient (Wildman–Crippen LogP) is -10.2. The molecule has 0 aliphatic carbocycles. The largest absolute Gasteiger partial charge is 1.00 e. The lowest BCUT2D eigenvalue weighted by atomic mass is 10.1. The summed E-state index contributed by atoms with van der Waals surface area (Å²) in [5, 5.41) is 3.06. The monoisotopic (exact) mass is 1120 g/mol. The molecule has 0 saturated carbocycles. The summed E-state index contributed by atoms with van der Waals surface area (Å²) in [5.74, 6) is 1.65. The van der Waals surface area contributed by atoms with Crippen LogP contribution >= 0.6 is 15.6 Å².